The van der Waals surface area contributed by atoms with Crippen LogP contribution in [0.25, 0.3) is 11.6 Å². The van der Waals surface area contributed by atoms with E-state index in [0.717, 1.165) is 0 Å². The number of aromatic nitrogens is 1. The van der Waals surface area contributed by atoms with Crippen molar-refractivity contribution in [3.8, 4) is 11.8 Å². The molecule has 2 aliphatic rings. The van der Waals surface area contributed by atoms with Crippen molar-refractivity contribution in [2.24, 2.45) is 0 Å². The number of nitrogens with one attached hydrogen (secondary N) is 3. The summed E-state index contributed by atoms with van der Waals surface area (Å²) in [6.07, 6.45) is 4.03. The summed E-state index contributed by atoms with van der Waals surface area (Å²) in [7, 11) is 0. The molecule has 6 nitrogen and oxygen atoms in total. The molecule has 1 aromatic carbocycles. The van der Waals surface area contributed by atoms with Crippen molar-refractivity contribution in [1.82, 2.24) is 10.3 Å². The number of ketones is 1. The van der Waals surface area contributed by atoms with Gasteiger partial charge in [-0.05, 0) is 57.1 Å². The number of aromatic amines is 1. The lowest BCUT2D eigenvalue weighted by Crippen LogP contribution is -2.40. The fraction of sp³-hybridized carbons (Fsp3) is 0.273. The lowest BCUT2D eigenvalue weighted by molar-refractivity contribution is -0.110. The Bertz CT molecular complexity index is 1100. The van der Waals surface area contributed by atoms with Crippen molar-refractivity contribution in [1.29, 1.82) is 0 Å². The summed E-state index contributed by atoms with van der Waals surface area (Å²) >= 11 is 0. The van der Waals surface area contributed by atoms with Gasteiger partial charge in [0.05, 0.1) is 16.8 Å². The Hall–Kier alpha value is -3.21. The predicted octanol–water partition coefficient (Wildman–Crippen LogP) is 2.32. The molecule has 1 amide bonds. The van der Waals surface area contributed by atoms with Gasteiger partial charge in [0.1, 0.15) is 11.4 Å². The van der Waals surface area contributed by atoms with Gasteiger partial charge >= 0.3 is 0 Å². The molecule has 4 rings (SSSR count). The smallest absolute Gasteiger partial charge is 0.256 e. The molecule has 0 radical (unpaired) electrons. The Morgan fingerprint density at radius 2 is 2.07 bits per heavy atom. The SMILES string of the molecule is CC(=O)c1c[nH]c(/C=C2\C(=O)Nc3ccc(F)c(C#CC4(O)CCNCC4)c32)c1. The van der Waals surface area contributed by atoms with Crippen LogP contribution in [-0.2, 0) is 4.79 Å². The van der Waals surface area contributed by atoms with E-state index >= 15 is 0 Å². The van der Waals surface area contributed by atoms with Gasteiger partial charge in [-0.25, -0.2) is 4.39 Å². The minimum absolute atomic E-state index is 0.0670. The fourth-order valence-electron chi connectivity index (χ4n) is 3.52. The number of amides is 1. The largest absolute Gasteiger partial charge is 0.377 e. The van der Waals surface area contributed by atoms with Crippen LogP contribution in [0.1, 0.15) is 46.9 Å². The molecule has 0 spiro atoms. The van der Waals surface area contributed by atoms with Gasteiger partial charge in [0.15, 0.2) is 5.78 Å². The van der Waals surface area contributed by atoms with Crippen LogP contribution in [-0.4, -0.2) is 40.5 Å². The fourth-order valence-corrected chi connectivity index (χ4v) is 3.52. The van der Waals surface area contributed by atoms with Crippen molar-refractivity contribution in [3.05, 3.63) is 52.6 Å². The minimum Gasteiger partial charge on any atom is -0.377 e. The highest BCUT2D eigenvalue weighted by Crippen LogP contribution is 2.37. The van der Waals surface area contributed by atoms with Gasteiger partial charge in [0, 0.05) is 23.0 Å². The van der Waals surface area contributed by atoms with E-state index in [1.807, 2.05) is 0 Å². The molecule has 0 unspecified atom stereocenters. The maximum absolute atomic E-state index is 14.7. The van der Waals surface area contributed by atoms with Crippen molar-refractivity contribution >= 4 is 29.0 Å². The van der Waals surface area contributed by atoms with Gasteiger partial charge in [-0.15, -0.1) is 0 Å². The van der Waals surface area contributed by atoms with E-state index < -0.39 is 11.4 Å². The standard InChI is InChI=1S/C22H20FN3O3/c1-13(27)14-10-15(25-12-14)11-17-20-16(4-5-22(29)6-8-24-9-7-22)18(23)2-3-19(20)26-21(17)28/h2-3,10-12,24-25,29H,6-9H2,1H3,(H,26,28)/b17-11-. The number of rotatable bonds is 2. The molecule has 1 aromatic heterocycles. The second-order valence-electron chi connectivity index (χ2n) is 7.29. The second-order valence-corrected chi connectivity index (χ2v) is 7.29. The van der Waals surface area contributed by atoms with Crippen molar-refractivity contribution < 1.29 is 19.1 Å². The van der Waals surface area contributed by atoms with E-state index in [-0.39, 0.29) is 22.8 Å². The number of benzene rings is 1. The van der Waals surface area contributed by atoms with Crippen LogP contribution in [0.3, 0.4) is 0 Å². The van der Waals surface area contributed by atoms with Gasteiger partial charge in [-0.3, -0.25) is 9.59 Å². The first-order chi connectivity index (χ1) is 13.9. The number of carbonyl (C=O) groups excluding carboxylic acids is 2. The van der Waals surface area contributed by atoms with E-state index in [4.69, 9.17) is 0 Å². The normalized spacial score (nSPS) is 18.7. The van der Waals surface area contributed by atoms with Crippen molar-refractivity contribution in [2.75, 3.05) is 18.4 Å². The third-order valence-corrected chi connectivity index (χ3v) is 5.18. The molecule has 148 valence electrons. The quantitative estimate of drug-likeness (QED) is 0.358. The number of fused-ring (bicyclic) bond motifs is 1. The molecule has 1 fully saturated rings. The van der Waals surface area contributed by atoms with Gasteiger partial charge in [-0.2, -0.15) is 0 Å². The van der Waals surface area contributed by atoms with Gasteiger partial charge in [0.25, 0.3) is 5.91 Å². The average Bonchev–Trinajstić information content (AvgIpc) is 3.27. The van der Waals surface area contributed by atoms with Crippen molar-refractivity contribution in [2.45, 2.75) is 25.4 Å². The van der Waals surface area contributed by atoms with Crippen LogP contribution in [0.5, 0.6) is 0 Å². The first kappa shape index (κ1) is 19.1. The summed E-state index contributed by atoms with van der Waals surface area (Å²) in [6.45, 7) is 2.72. The van der Waals surface area contributed by atoms with Crippen LogP contribution in [0.2, 0.25) is 0 Å². The molecule has 0 atom stereocenters. The van der Waals surface area contributed by atoms with Crippen LogP contribution in [0, 0.1) is 17.7 Å². The third kappa shape index (κ3) is 3.73. The summed E-state index contributed by atoms with van der Waals surface area (Å²) in [4.78, 5) is 27.0. The number of anilines is 1. The number of carbonyl (C=O) groups is 2. The zero-order chi connectivity index (χ0) is 20.6. The van der Waals surface area contributed by atoms with E-state index in [1.54, 1.807) is 18.3 Å². The zero-order valence-corrected chi connectivity index (χ0v) is 15.9. The number of hydrogen-bond donors (Lipinski definition) is 4. The molecule has 7 heteroatoms. The first-order valence-electron chi connectivity index (χ1n) is 9.38. The summed E-state index contributed by atoms with van der Waals surface area (Å²) < 4.78 is 14.7. The molecule has 4 N–H and O–H groups in total. The summed E-state index contributed by atoms with van der Waals surface area (Å²) in [5.74, 6) is 4.55. The van der Waals surface area contributed by atoms with Gasteiger partial charge in [0.2, 0.25) is 0 Å². The highest BCUT2D eigenvalue weighted by molar-refractivity contribution is 6.35. The van der Waals surface area contributed by atoms with Crippen LogP contribution < -0.4 is 10.6 Å². The minimum atomic E-state index is -1.18. The number of H-pyrrole nitrogens is 1. The van der Waals surface area contributed by atoms with Crippen LogP contribution >= 0.6 is 0 Å². The second kappa shape index (κ2) is 7.32. The molecule has 2 aromatic rings. The molecule has 0 bridgehead atoms. The highest BCUT2D eigenvalue weighted by Gasteiger charge is 2.30. The average molecular weight is 393 g/mol. The number of Topliss-reactive ketones (excluding diaryl/α,β-unsaturated/α-hetero) is 1. The lowest BCUT2D eigenvalue weighted by Gasteiger charge is -2.27. The van der Waals surface area contributed by atoms with Crippen LogP contribution in [0.15, 0.2) is 24.4 Å². The maximum atomic E-state index is 14.7. The van der Waals surface area contributed by atoms with Gasteiger partial charge < -0.3 is 20.7 Å². The molecule has 0 saturated carbocycles. The van der Waals surface area contributed by atoms with Crippen LogP contribution in [0.4, 0.5) is 10.1 Å². The molecular formula is C22H20FN3O3. The highest BCUT2D eigenvalue weighted by atomic mass is 19.1. The van der Waals surface area contributed by atoms with E-state index in [9.17, 15) is 19.1 Å². The summed E-state index contributed by atoms with van der Waals surface area (Å²) in [5.41, 5.74) is 0.990. The monoisotopic (exact) mass is 393 g/mol. The molecular weight excluding hydrogens is 373 g/mol. The number of hydrogen-bond acceptors (Lipinski definition) is 4. The predicted molar refractivity (Wildman–Crippen MR) is 108 cm³/mol. The van der Waals surface area contributed by atoms with Gasteiger partial charge in [-0.1, -0.05) is 11.8 Å². The molecule has 2 aliphatic heterocycles. The van der Waals surface area contributed by atoms with E-state index in [1.165, 1.54) is 19.1 Å². The summed E-state index contributed by atoms with van der Waals surface area (Å²) in [5, 5.41) is 16.5. The Labute approximate surface area is 167 Å². The zero-order valence-electron chi connectivity index (χ0n) is 15.9. The first-order valence-corrected chi connectivity index (χ1v) is 9.38. The molecule has 0 aliphatic carbocycles. The van der Waals surface area contributed by atoms with E-state index in [0.29, 0.717) is 48.4 Å². The Kier molecular flexibility index (Phi) is 4.82. The summed E-state index contributed by atoms with van der Waals surface area (Å²) in [6, 6.07) is 4.37. The molecule has 1 saturated heterocycles. The number of aliphatic hydroxyl groups is 1. The topological polar surface area (TPSA) is 94.2 Å². The maximum Gasteiger partial charge on any atom is 0.256 e. The molecule has 3 heterocycles. The Morgan fingerprint density at radius 3 is 2.76 bits per heavy atom. The lowest BCUT2D eigenvalue weighted by atomic mass is 9.92. The van der Waals surface area contributed by atoms with E-state index in [2.05, 4.69) is 27.5 Å². The Morgan fingerprint density at radius 1 is 1.31 bits per heavy atom. The number of piperidine rings is 1. The third-order valence-electron chi connectivity index (χ3n) is 5.18. The number of halogens is 1. The Balaban J connectivity index is 1.79. The molecule has 29 heavy (non-hydrogen) atoms. The van der Waals surface area contributed by atoms with Crippen molar-refractivity contribution in [3.63, 3.8) is 0 Å².